The third-order valence-electron chi connectivity index (χ3n) is 4.47. The molecule has 30 heavy (non-hydrogen) atoms. The zero-order chi connectivity index (χ0) is 21.5. The van der Waals surface area contributed by atoms with Gasteiger partial charge < -0.3 is 30.4 Å². The van der Waals surface area contributed by atoms with Crippen molar-refractivity contribution >= 4 is 22.7 Å². The Labute approximate surface area is 180 Å². The molecule has 0 bridgehead atoms. The Morgan fingerprint density at radius 2 is 1.93 bits per heavy atom. The van der Waals surface area contributed by atoms with Crippen molar-refractivity contribution in [3.63, 3.8) is 0 Å². The molecule has 2 unspecified atom stereocenters. The van der Waals surface area contributed by atoms with E-state index >= 15 is 0 Å². The summed E-state index contributed by atoms with van der Waals surface area (Å²) in [6.45, 7) is 1.51. The Morgan fingerprint density at radius 3 is 2.60 bits per heavy atom. The van der Waals surface area contributed by atoms with Crippen LogP contribution in [0.15, 0.2) is 59.3 Å². The van der Waals surface area contributed by atoms with Gasteiger partial charge in [0.2, 0.25) is 6.23 Å². The average Bonchev–Trinajstić information content (AvgIpc) is 3.21. The maximum absolute atomic E-state index is 9.79. The third-order valence-corrected chi connectivity index (χ3v) is 5.19. The van der Waals surface area contributed by atoms with E-state index in [2.05, 4.69) is 5.32 Å². The summed E-state index contributed by atoms with van der Waals surface area (Å²) in [6, 6.07) is 15.2. The molecule has 158 valence electrons. The first-order chi connectivity index (χ1) is 14.5. The van der Waals surface area contributed by atoms with Crippen LogP contribution < -0.4 is 14.8 Å². The van der Waals surface area contributed by atoms with Crippen molar-refractivity contribution in [3.05, 3.63) is 64.9 Å². The summed E-state index contributed by atoms with van der Waals surface area (Å²) in [4.78, 5) is 0. The van der Waals surface area contributed by atoms with E-state index in [4.69, 9.17) is 14.9 Å². The molecule has 1 aromatic heterocycles. The Morgan fingerprint density at radius 1 is 1.17 bits per heavy atom. The highest BCUT2D eigenvalue weighted by Gasteiger charge is 2.21. The van der Waals surface area contributed by atoms with Gasteiger partial charge in [-0.2, -0.15) is 0 Å². The van der Waals surface area contributed by atoms with Gasteiger partial charge in [0.1, 0.15) is 11.5 Å². The molecular weight excluding hydrogens is 400 g/mol. The van der Waals surface area contributed by atoms with Crippen LogP contribution in [0.1, 0.15) is 18.9 Å². The zero-order valence-electron chi connectivity index (χ0n) is 17.0. The minimum absolute atomic E-state index is 0.134. The molecule has 7 heteroatoms. The predicted molar refractivity (Wildman–Crippen MR) is 121 cm³/mol. The number of hydrogen-bond donors (Lipinski definition) is 4. The van der Waals surface area contributed by atoms with Gasteiger partial charge in [-0.1, -0.05) is 30.3 Å². The molecule has 0 amide bonds. The summed E-state index contributed by atoms with van der Waals surface area (Å²) in [5.41, 5.74) is 3.51. The zero-order valence-corrected chi connectivity index (χ0v) is 17.8. The van der Waals surface area contributed by atoms with Crippen LogP contribution in [-0.4, -0.2) is 35.4 Å². The fraction of sp³-hybridized carbons (Fsp3) is 0.261. The number of benzene rings is 2. The molecule has 1 heterocycles. The van der Waals surface area contributed by atoms with E-state index < -0.39 is 12.3 Å². The smallest absolute Gasteiger partial charge is 0.209 e. The Kier molecular flexibility index (Phi) is 7.46. The number of anilines is 1. The van der Waals surface area contributed by atoms with Crippen LogP contribution in [0.2, 0.25) is 0 Å². The number of nitrogens with one attached hydrogen (secondary N) is 2. The molecule has 4 N–H and O–H groups in total. The molecular formula is C23H26N2O4S. The van der Waals surface area contributed by atoms with Crippen LogP contribution in [0.25, 0.3) is 11.1 Å². The molecule has 0 aliphatic carbocycles. The number of thiophene rings is 1. The molecule has 2 aromatic carbocycles. The highest BCUT2D eigenvalue weighted by atomic mass is 32.1. The summed E-state index contributed by atoms with van der Waals surface area (Å²) in [6.07, 6.45) is -1.30. The summed E-state index contributed by atoms with van der Waals surface area (Å²) >= 11 is 1.52. The number of aliphatic hydroxyl groups excluding tert-OH is 2. The molecule has 0 aliphatic heterocycles. The van der Waals surface area contributed by atoms with E-state index in [0.717, 1.165) is 11.1 Å². The highest BCUT2D eigenvalue weighted by Crippen LogP contribution is 2.34. The third kappa shape index (κ3) is 5.60. The number of aliphatic hydroxyl groups is 2. The molecule has 0 saturated heterocycles. The first-order valence-corrected chi connectivity index (χ1v) is 10.5. The Hall–Kier alpha value is -2.87. The highest BCUT2D eigenvalue weighted by molar-refractivity contribution is 7.08. The van der Waals surface area contributed by atoms with Gasteiger partial charge in [0.25, 0.3) is 0 Å². The maximum Gasteiger partial charge on any atom is 0.209 e. The standard InChI is InChI=1S/C23H26N2O4S/c1-15(27)8-21(24)23(25-18-9-16(12-26)10-19(11-18)28-2)29-22-14-30-13-20(22)17-6-4-3-5-7-17/h3-7,9-11,13-15,23-27H,8,12H2,1-2H3. The van der Waals surface area contributed by atoms with Gasteiger partial charge in [0.05, 0.1) is 25.5 Å². The second-order valence-corrected chi connectivity index (χ2v) is 7.71. The molecule has 0 saturated carbocycles. The summed E-state index contributed by atoms with van der Waals surface area (Å²) in [7, 11) is 1.56. The van der Waals surface area contributed by atoms with Crippen molar-refractivity contribution < 1.29 is 19.7 Å². The van der Waals surface area contributed by atoms with E-state index in [1.165, 1.54) is 11.3 Å². The monoisotopic (exact) mass is 426 g/mol. The molecule has 0 aliphatic rings. The van der Waals surface area contributed by atoms with E-state index in [9.17, 15) is 10.2 Å². The van der Waals surface area contributed by atoms with Crippen LogP contribution >= 0.6 is 11.3 Å². The van der Waals surface area contributed by atoms with Crippen LogP contribution in [0.5, 0.6) is 11.5 Å². The minimum atomic E-state index is -0.796. The van der Waals surface area contributed by atoms with E-state index in [-0.39, 0.29) is 18.7 Å². The molecule has 3 aromatic rings. The second-order valence-electron chi connectivity index (χ2n) is 6.96. The first kappa shape index (κ1) is 21.8. The Balaban J connectivity index is 1.90. The van der Waals surface area contributed by atoms with Gasteiger partial charge in [-0.15, -0.1) is 11.3 Å². The van der Waals surface area contributed by atoms with Gasteiger partial charge in [-0.25, -0.2) is 0 Å². The van der Waals surface area contributed by atoms with Crippen molar-refractivity contribution in [2.24, 2.45) is 0 Å². The van der Waals surface area contributed by atoms with E-state index in [1.54, 1.807) is 32.2 Å². The lowest BCUT2D eigenvalue weighted by molar-refractivity contribution is 0.197. The van der Waals surface area contributed by atoms with Gasteiger partial charge in [-0.3, -0.25) is 0 Å². The van der Waals surface area contributed by atoms with Gasteiger partial charge >= 0.3 is 0 Å². The maximum atomic E-state index is 9.79. The number of ether oxygens (including phenoxy) is 2. The first-order valence-electron chi connectivity index (χ1n) is 9.59. The van der Waals surface area contributed by atoms with Crippen molar-refractivity contribution in [1.82, 2.24) is 0 Å². The number of methoxy groups -OCH3 is 1. The lowest BCUT2D eigenvalue weighted by atomic mass is 10.1. The number of rotatable bonds is 10. The molecule has 2 atom stereocenters. The lowest BCUT2D eigenvalue weighted by Gasteiger charge is -2.24. The van der Waals surface area contributed by atoms with Crippen molar-refractivity contribution in [2.75, 3.05) is 12.4 Å². The largest absolute Gasteiger partial charge is 0.497 e. The topological polar surface area (TPSA) is 94.8 Å². The lowest BCUT2D eigenvalue weighted by Crippen LogP contribution is -2.36. The normalized spacial score (nSPS) is 12.8. The molecule has 0 spiro atoms. The molecule has 0 fully saturated rings. The quantitative estimate of drug-likeness (QED) is 0.282. The Bertz CT molecular complexity index is 950. The van der Waals surface area contributed by atoms with Crippen molar-refractivity contribution in [2.45, 2.75) is 32.3 Å². The van der Waals surface area contributed by atoms with Crippen LogP contribution in [0, 0.1) is 5.41 Å². The van der Waals surface area contributed by atoms with E-state index in [0.29, 0.717) is 22.7 Å². The van der Waals surface area contributed by atoms with Crippen molar-refractivity contribution in [1.29, 1.82) is 5.41 Å². The van der Waals surface area contributed by atoms with Crippen LogP contribution in [0.3, 0.4) is 0 Å². The second kappa shape index (κ2) is 10.2. The fourth-order valence-corrected chi connectivity index (χ4v) is 3.81. The molecule has 6 nitrogen and oxygen atoms in total. The minimum Gasteiger partial charge on any atom is -0.497 e. The van der Waals surface area contributed by atoms with Gasteiger partial charge in [0.15, 0.2) is 0 Å². The molecule has 3 rings (SSSR count). The predicted octanol–water partition coefficient (Wildman–Crippen LogP) is 4.52. The number of hydrogen-bond acceptors (Lipinski definition) is 7. The van der Waals surface area contributed by atoms with Crippen LogP contribution in [-0.2, 0) is 6.61 Å². The summed E-state index contributed by atoms with van der Waals surface area (Å²) in [5.74, 6) is 1.25. The summed E-state index contributed by atoms with van der Waals surface area (Å²) in [5, 5.41) is 34.9. The van der Waals surface area contributed by atoms with Crippen LogP contribution in [0.4, 0.5) is 5.69 Å². The average molecular weight is 427 g/mol. The van der Waals surface area contributed by atoms with Gasteiger partial charge in [0, 0.05) is 34.5 Å². The molecule has 0 radical (unpaired) electrons. The fourth-order valence-electron chi connectivity index (χ4n) is 3.05. The van der Waals surface area contributed by atoms with E-state index in [1.807, 2.05) is 41.1 Å². The van der Waals surface area contributed by atoms with Crippen molar-refractivity contribution in [3.8, 4) is 22.6 Å². The summed E-state index contributed by atoms with van der Waals surface area (Å²) < 4.78 is 11.5. The SMILES string of the molecule is COc1cc(CO)cc(NC(Oc2cscc2-c2ccccc2)C(=N)CC(C)O)c1. The van der Waals surface area contributed by atoms with Gasteiger partial charge in [-0.05, 0) is 30.2 Å².